The molecule has 0 aliphatic carbocycles. The van der Waals surface area contributed by atoms with E-state index in [1.54, 1.807) is 13.8 Å². The van der Waals surface area contributed by atoms with E-state index >= 15 is 0 Å². The van der Waals surface area contributed by atoms with E-state index < -0.39 is 18.1 Å². The van der Waals surface area contributed by atoms with Crippen LogP contribution in [0.15, 0.2) is 5.11 Å². The minimum Gasteiger partial charge on any atom is -0.384 e. The Morgan fingerprint density at radius 3 is 2.83 bits per heavy atom. The van der Waals surface area contributed by atoms with Gasteiger partial charge in [-0.2, -0.15) is 0 Å². The van der Waals surface area contributed by atoms with Crippen molar-refractivity contribution in [2.75, 3.05) is 6.61 Å². The molecule has 0 radical (unpaired) electrons. The topological polar surface area (TPSA) is 87.5 Å². The molecule has 0 aromatic carbocycles. The Bertz CT molecular complexity index is 212. The van der Waals surface area contributed by atoms with Gasteiger partial charge in [0.1, 0.15) is 6.10 Å². The molecule has 0 aromatic rings. The van der Waals surface area contributed by atoms with E-state index in [-0.39, 0.29) is 6.61 Å². The summed E-state index contributed by atoms with van der Waals surface area (Å²) in [5.41, 5.74) is 8.03. The van der Waals surface area contributed by atoms with E-state index in [4.69, 9.17) is 20.1 Å². The van der Waals surface area contributed by atoms with Gasteiger partial charge in [-0.05, 0) is 19.4 Å². The van der Waals surface area contributed by atoms with Gasteiger partial charge in [0.25, 0.3) is 0 Å². The van der Waals surface area contributed by atoms with Crippen molar-refractivity contribution in [1.29, 1.82) is 0 Å². The number of hydrogen-bond acceptors (Lipinski definition) is 4. The van der Waals surface area contributed by atoms with E-state index in [0.29, 0.717) is 0 Å². The van der Waals surface area contributed by atoms with E-state index in [1.165, 1.54) is 0 Å². The van der Waals surface area contributed by atoms with Crippen molar-refractivity contribution >= 4 is 0 Å². The molecule has 1 rings (SSSR count). The summed E-state index contributed by atoms with van der Waals surface area (Å²) in [6.07, 6.45) is -1.73. The van der Waals surface area contributed by atoms with Gasteiger partial charge in [-0.25, -0.2) is 0 Å². The molecule has 0 aromatic heterocycles. The Hall–Kier alpha value is -0.810. The van der Waals surface area contributed by atoms with Gasteiger partial charge in [-0.3, -0.25) is 0 Å². The Kier molecular flexibility index (Phi) is 2.54. The van der Waals surface area contributed by atoms with E-state index in [2.05, 4.69) is 10.0 Å². The molecule has 2 atom stereocenters. The van der Waals surface area contributed by atoms with Crippen LogP contribution in [0.2, 0.25) is 0 Å². The lowest BCUT2D eigenvalue weighted by Crippen LogP contribution is -2.28. The molecule has 0 spiro atoms. The van der Waals surface area contributed by atoms with Crippen molar-refractivity contribution < 1.29 is 14.6 Å². The van der Waals surface area contributed by atoms with Gasteiger partial charge in [0.05, 0.1) is 6.61 Å². The summed E-state index contributed by atoms with van der Waals surface area (Å²) in [7, 11) is 0. The largest absolute Gasteiger partial charge is 0.384 e. The molecule has 6 nitrogen and oxygen atoms in total. The van der Waals surface area contributed by atoms with Crippen LogP contribution < -0.4 is 0 Å². The zero-order valence-corrected chi connectivity index (χ0v) is 6.97. The monoisotopic (exact) mass is 173 g/mol. The molecule has 1 heterocycles. The predicted octanol–water partition coefficient (Wildman–Crippen LogP) is 0.767. The van der Waals surface area contributed by atoms with Gasteiger partial charge in [0.15, 0.2) is 12.0 Å². The molecule has 1 fully saturated rings. The molecular formula is C6H11N3O3. The second-order valence-corrected chi connectivity index (χ2v) is 2.99. The predicted molar refractivity (Wildman–Crippen MR) is 40.1 cm³/mol. The van der Waals surface area contributed by atoms with Crippen molar-refractivity contribution in [3.05, 3.63) is 10.4 Å². The zero-order valence-electron chi connectivity index (χ0n) is 6.97. The Morgan fingerprint density at radius 2 is 2.42 bits per heavy atom. The molecule has 68 valence electrons. The van der Waals surface area contributed by atoms with Crippen LogP contribution in [-0.4, -0.2) is 29.8 Å². The lowest BCUT2D eigenvalue weighted by molar-refractivity contribution is -0.150. The molecule has 2 unspecified atom stereocenters. The van der Waals surface area contributed by atoms with Crippen LogP contribution in [0, 0.1) is 0 Å². The first-order valence-electron chi connectivity index (χ1n) is 3.59. The molecule has 0 amide bonds. The van der Waals surface area contributed by atoms with Crippen molar-refractivity contribution in [3.8, 4) is 0 Å². The highest BCUT2D eigenvalue weighted by Gasteiger charge is 2.36. The highest BCUT2D eigenvalue weighted by Crippen LogP contribution is 2.24. The average molecular weight is 173 g/mol. The van der Waals surface area contributed by atoms with Crippen LogP contribution in [0.4, 0.5) is 0 Å². The van der Waals surface area contributed by atoms with Gasteiger partial charge in [0, 0.05) is 4.91 Å². The molecule has 6 heteroatoms. The third kappa shape index (κ3) is 2.09. The van der Waals surface area contributed by atoms with E-state index in [0.717, 1.165) is 0 Å². The molecule has 1 N–H and O–H groups in total. The standard InChI is InChI=1S/C6H11N3O3/c1-6(2)11-3-4(12-6)5(10)8-9-7/h4-5,10H,3H2,1-2H3. The van der Waals surface area contributed by atoms with Crippen molar-refractivity contribution in [3.63, 3.8) is 0 Å². The first-order chi connectivity index (χ1) is 5.55. The minimum atomic E-state index is -1.17. The maximum absolute atomic E-state index is 9.16. The maximum Gasteiger partial charge on any atom is 0.163 e. The summed E-state index contributed by atoms with van der Waals surface area (Å²) < 4.78 is 10.4. The van der Waals surface area contributed by atoms with Crippen LogP contribution in [0.1, 0.15) is 13.8 Å². The summed E-state index contributed by atoms with van der Waals surface area (Å²) in [6, 6.07) is 0. The quantitative estimate of drug-likeness (QED) is 0.380. The third-order valence-electron chi connectivity index (χ3n) is 1.53. The van der Waals surface area contributed by atoms with Gasteiger partial charge in [-0.1, -0.05) is 5.11 Å². The van der Waals surface area contributed by atoms with Crippen LogP contribution in [0.25, 0.3) is 10.4 Å². The van der Waals surface area contributed by atoms with Crippen LogP contribution in [0.5, 0.6) is 0 Å². The number of nitrogens with zero attached hydrogens (tertiary/aromatic N) is 3. The second-order valence-electron chi connectivity index (χ2n) is 2.99. The maximum atomic E-state index is 9.16. The highest BCUT2D eigenvalue weighted by molar-refractivity contribution is 4.76. The molecule has 1 aliphatic heterocycles. The second kappa shape index (κ2) is 3.28. The third-order valence-corrected chi connectivity index (χ3v) is 1.53. The van der Waals surface area contributed by atoms with Crippen molar-refractivity contribution in [2.45, 2.75) is 32.0 Å². The number of hydrogen-bond donors (Lipinski definition) is 1. The Morgan fingerprint density at radius 1 is 1.75 bits per heavy atom. The van der Waals surface area contributed by atoms with E-state index in [9.17, 15) is 0 Å². The highest BCUT2D eigenvalue weighted by atomic mass is 16.7. The molecule has 12 heavy (non-hydrogen) atoms. The summed E-state index contributed by atoms with van der Waals surface area (Å²) >= 11 is 0. The minimum absolute atomic E-state index is 0.243. The van der Waals surface area contributed by atoms with Gasteiger partial charge in [-0.15, -0.1) is 0 Å². The number of ether oxygens (including phenoxy) is 2. The summed E-state index contributed by atoms with van der Waals surface area (Å²) in [5.74, 6) is -0.698. The number of aliphatic hydroxyl groups excluding tert-OH is 1. The van der Waals surface area contributed by atoms with E-state index in [1.807, 2.05) is 0 Å². The molecule has 1 saturated heterocycles. The molecule has 0 saturated carbocycles. The lowest BCUT2D eigenvalue weighted by atomic mass is 10.3. The first-order valence-corrected chi connectivity index (χ1v) is 3.59. The zero-order chi connectivity index (χ0) is 9.19. The lowest BCUT2D eigenvalue weighted by Gasteiger charge is -2.17. The SMILES string of the molecule is CC1(C)OCC(C(O)N=[N+]=[N-])O1. The molecular weight excluding hydrogens is 162 g/mol. The summed E-state index contributed by atoms with van der Waals surface area (Å²) in [4.78, 5) is 2.47. The Balaban J connectivity index is 2.52. The fraction of sp³-hybridized carbons (Fsp3) is 1.00. The number of rotatable bonds is 2. The van der Waals surface area contributed by atoms with Crippen molar-refractivity contribution in [1.82, 2.24) is 0 Å². The normalized spacial score (nSPS) is 29.4. The van der Waals surface area contributed by atoms with Crippen LogP contribution in [0.3, 0.4) is 0 Å². The van der Waals surface area contributed by atoms with Crippen LogP contribution in [-0.2, 0) is 9.47 Å². The Labute approximate surface area is 69.7 Å². The summed E-state index contributed by atoms with van der Waals surface area (Å²) in [5, 5.41) is 12.3. The average Bonchev–Trinajstić information content (AvgIpc) is 2.31. The van der Waals surface area contributed by atoms with Gasteiger partial charge in [0.2, 0.25) is 0 Å². The fourth-order valence-corrected chi connectivity index (χ4v) is 0.990. The van der Waals surface area contributed by atoms with Gasteiger partial charge >= 0.3 is 0 Å². The molecule has 0 bridgehead atoms. The van der Waals surface area contributed by atoms with Crippen molar-refractivity contribution in [2.24, 2.45) is 5.11 Å². The number of aliphatic hydroxyl groups is 1. The molecule has 1 aliphatic rings. The fourth-order valence-electron chi connectivity index (χ4n) is 0.990. The first kappa shape index (κ1) is 9.28. The van der Waals surface area contributed by atoms with Crippen LogP contribution >= 0.6 is 0 Å². The summed E-state index contributed by atoms with van der Waals surface area (Å²) in [6.45, 7) is 3.71. The van der Waals surface area contributed by atoms with Gasteiger partial charge < -0.3 is 14.6 Å². The number of azide groups is 1. The smallest absolute Gasteiger partial charge is 0.163 e.